The summed E-state index contributed by atoms with van der Waals surface area (Å²) in [6.07, 6.45) is 8.46. The average molecular weight is 461 g/mol. The van der Waals surface area contributed by atoms with E-state index < -0.39 is 23.1 Å². The van der Waals surface area contributed by atoms with E-state index in [1.54, 1.807) is 0 Å². The van der Waals surface area contributed by atoms with Crippen molar-refractivity contribution in [2.24, 2.45) is 5.92 Å². The molecule has 0 unspecified atom stereocenters. The van der Waals surface area contributed by atoms with Crippen LogP contribution in [0.5, 0.6) is 5.75 Å². The van der Waals surface area contributed by atoms with Crippen LogP contribution in [0.15, 0.2) is 24.5 Å². The number of Topliss-reactive ketones (excluding diaryl/α,β-unsaturated/α-hetero) is 1. The van der Waals surface area contributed by atoms with Crippen LogP contribution in [0.25, 0.3) is 0 Å². The molecule has 1 amide bonds. The van der Waals surface area contributed by atoms with Crippen LogP contribution < -0.4 is 15.0 Å². The van der Waals surface area contributed by atoms with Crippen LogP contribution in [0.2, 0.25) is 0 Å². The molecule has 0 saturated carbocycles. The SMILES string of the molecule is CCc1cnc(N2CCC(CCCOc3cc(F)c(C(=O)NCC(C)=O)c(F)c3)CC2)nc1. The zero-order valence-electron chi connectivity index (χ0n) is 19.1. The molecule has 0 atom stereocenters. The highest BCUT2D eigenvalue weighted by Gasteiger charge is 2.21. The number of amides is 1. The molecule has 1 fully saturated rings. The molecule has 1 aromatic carbocycles. The van der Waals surface area contributed by atoms with E-state index in [0.717, 1.165) is 68.8 Å². The number of ether oxygens (including phenoxy) is 1. The highest BCUT2D eigenvalue weighted by atomic mass is 19.1. The van der Waals surface area contributed by atoms with Gasteiger partial charge >= 0.3 is 0 Å². The van der Waals surface area contributed by atoms with E-state index in [4.69, 9.17) is 4.74 Å². The van der Waals surface area contributed by atoms with E-state index in [-0.39, 0.29) is 18.1 Å². The van der Waals surface area contributed by atoms with Crippen LogP contribution in [0, 0.1) is 17.6 Å². The maximum absolute atomic E-state index is 14.2. The number of hydrogen-bond acceptors (Lipinski definition) is 6. The molecule has 3 rings (SSSR count). The quantitative estimate of drug-likeness (QED) is 0.544. The molecule has 7 nitrogen and oxygen atoms in total. The van der Waals surface area contributed by atoms with Crippen molar-refractivity contribution < 1.29 is 23.1 Å². The average Bonchev–Trinajstić information content (AvgIpc) is 2.80. The highest BCUT2D eigenvalue weighted by molar-refractivity contribution is 5.97. The molecular weight excluding hydrogens is 430 g/mol. The second-order valence-corrected chi connectivity index (χ2v) is 8.31. The predicted molar refractivity (Wildman–Crippen MR) is 120 cm³/mol. The van der Waals surface area contributed by atoms with Gasteiger partial charge in [-0.3, -0.25) is 9.59 Å². The molecule has 9 heteroatoms. The van der Waals surface area contributed by atoms with Crippen molar-refractivity contribution in [1.82, 2.24) is 15.3 Å². The molecule has 1 N–H and O–H groups in total. The number of benzene rings is 1. The molecule has 0 aliphatic carbocycles. The summed E-state index contributed by atoms with van der Waals surface area (Å²) in [5.74, 6) is -1.95. The minimum absolute atomic E-state index is 0.0376. The maximum atomic E-state index is 14.2. The first-order chi connectivity index (χ1) is 15.9. The molecule has 0 bridgehead atoms. The number of ketones is 1. The summed E-state index contributed by atoms with van der Waals surface area (Å²) >= 11 is 0. The molecule has 33 heavy (non-hydrogen) atoms. The first kappa shape index (κ1) is 24.5. The number of nitrogens with zero attached hydrogens (tertiary/aromatic N) is 3. The third-order valence-electron chi connectivity index (χ3n) is 5.76. The number of aryl methyl sites for hydroxylation is 1. The van der Waals surface area contributed by atoms with Gasteiger partial charge in [-0.05, 0) is 50.5 Å². The fraction of sp³-hybridized carbons (Fsp3) is 0.500. The Bertz CT molecular complexity index is 938. The van der Waals surface area contributed by atoms with Gasteiger partial charge in [-0.2, -0.15) is 0 Å². The summed E-state index contributed by atoms with van der Waals surface area (Å²) in [6, 6.07) is 1.99. The van der Waals surface area contributed by atoms with Crippen molar-refractivity contribution in [3.63, 3.8) is 0 Å². The highest BCUT2D eigenvalue weighted by Crippen LogP contribution is 2.25. The third kappa shape index (κ3) is 6.94. The van der Waals surface area contributed by atoms with E-state index in [9.17, 15) is 18.4 Å². The van der Waals surface area contributed by atoms with Gasteiger partial charge in [0, 0.05) is 37.6 Å². The van der Waals surface area contributed by atoms with E-state index in [0.29, 0.717) is 12.5 Å². The summed E-state index contributed by atoms with van der Waals surface area (Å²) in [6.45, 7) is 5.20. The van der Waals surface area contributed by atoms with Gasteiger partial charge < -0.3 is 15.0 Å². The lowest BCUT2D eigenvalue weighted by Gasteiger charge is -2.32. The van der Waals surface area contributed by atoms with Gasteiger partial charge in [0.1, 0.15) is 28.7 Å². The van der Waals surface area contributed by atoms with Gasteiger partial charge in [-0.15, -0.1) is 0 Å². The normalized spacial score (nSPS) is 14.2. The van der Waals surface area contributed by atoms with Gasteiger partial charge in [0.2, 0.25) is 5.95 Å². The zero-order chi connectivity index (χ0) is 23.8. The molecular formula is C24H30F2N4O3. The molecule has 1 saturated heterocycles. The minimum Gasteiger partial charge on any atom is -0.493 e. The number of anilines is 1. The molecule has 1 aliphatic heterocycles. The molecule has 1 aromatic heterocycles. The van der Waals surface area contributed by atoms with Crippen LogP contribution in [0.1, 0.15) is 55.5 Å². The zero-order valence-corrected chi connectivity index (χ0v) is 19.1. The lowest BCUT2D eigenvalue weighted by Crippen LogP contribution is -2.35. The first-order valence-electron chi connectivity index (χ1n) is 11.3. The van der Waals surface area contributed by atoms with E-state index in [1.165, 1.54) is 6.92 Å². The van der Waals surface area contributed by atoms with Crippen molar-refractivity contribution >= 4 is 17.6 Å². The number of halogens is 2. The lowest BCUT2D eigenvalue weighted by atomic mass is 9.92. The van der Waals surface area contributed by atoms with Crippen molar-refractivity contribution in [2.45, 2.75) is 46.0 Å². The Morgan fingerprint density at radius 2 is 1.79 bits per heavy atom. The van der Waals surface area contributed by atoms with Gasteiger partial charge in [0.15, 0.2) is 0 Å². The Labute approximate surface area is 192 Å². The summed E-state index contributed by atoms with van der Waals surface area (Å²) in [5, 5.41) is 2.19. The molecule has 1 aliphatic rings. The predicted octanol–water partition coefficient (Wildman–Crippen LogP) is 3.71. The summed E-state index contributed by atoms with van der Waals surface area (Å²) in [4.78, 5) is 33.9. The van der Waals surface area contributed by atoms with Crippen molar-refractivity contribution in [1.29, 1.82) is 0 Å². The molecule has 178 valence electrons. The standard InChI is InChI=1S/C24H30F2N4O3/c1-3-17-14-28-24(29-15-17)30-8-6-18(7-9-30)5-4-10-33-19-11-20(25)22(21(26)12-19)23(32)27-13-16(2)31/h11-12,14-15,18H,3-10,13H2,1-2H3,(H,27,32). The Morgan fingerprint density at radius 3 is 2.36 bits per heavy atom. The largest absolute Gasteiger partial charge is 0.493 e. The fourth-order valence-corrected chi connectivity index (χ4v) is 3.82. The van der Waals surface area contributed by atoms with Crippen LogP contribution in [-0.4, -0.2) is 47.9 Å². The first-order valence-corrected chi connectivity index (χ1v) is 11.3. The number of piperidine rings is 1. The van der Waals surface area contributed by atoms with Gasteiger partial charge in [-0.25, -0.2) is 18.7 Å². The number of nitrogens with one attached hydrogen (secondary N) is 1. The summed E-state index contributed by atoms with van der Waals surface area (Å²) in [7, 11) is 0. The molecule has 2 heterocycles. The van der Waals surface area contributed by atoms with Crippen LogP contribution in [0.4, 0.5) is 14.7 Å². The Morgan fingerprint density at radius 1 is 1.15 bits per heavy atom. The monoisotopic (exact) mass is 460 g/mol. The third-order valence-corrected chi connectivity index (χ3v) is 5.76. The van der Waals surface area contributed by atoms with Gasteiger partial charge in [0.25, 0.3) is 5.91 Å². The van der Waals surface area contributed by atoms with Gasteiger partial charge in [-0.1, -0.05) is 6.92 Å². The number of rotatable bonds is 10. The number of carbonyl (C=O) groups is 2. The second-order valence-electron chi connectivity index (χ2n) is 8.31. The molecule has 2 aromatic rings. The van der Waals surface area contributed by atoms with Gasteiger partial charge in [0.05, 0.1) is 13.2 Å². The Hall–Kier alpha value is -3.10. The van der Waals surface area contributed by atoms with Crippen LogP contribution in [-0.2, 0) is 11.2 Å². The number of hydrogen-bond donors (Lipinski definition) is 1. The topological polar surface area (TPSA) is 84.4 Å². The van der Waals surface area contributed by atoms with Crippen molar-refractivity contribution in [3.05, 3.63) is 47.3 Å². The minimum atomic E-state index is -1.02. The van der Waals surface area contributed by atoms with E-state index in [2.05, 4.69) is 27.1 Å². The lowest BCUT2D eigenvalue weighted by molar-refractivity contribution is -0.116. The fourth-order valence-electron chi connectivity index (χ4n) is 3.82. The Balaban J connectivity index is 1.41. The van der Waals surface area contributed by atoms with Crippen LogP contribution in [0.3, 0.4) is 0 Å². The summed E-state index contributed by atoms with van der Waals surface area (Å²) in [5.41, 5.74) is 0.406. The Kier molecular flexibility index (Phi) is 8.68. The molecule has 0 spiro atoms. The number of aromatic nitrogens is 2. The van der Waals surface area contributed by atoms with E-state index in [1.807, 2.05) is 12.4 Å². The van der Waals surface area contributed by atoms with Crippen LogP contribution >= 0.6 is 0 Å². The maximum Gasteiger partial charge on any atom is 0.257 e. The summed E-state index contributed by atoms with van der Waals surface area (Å²) < 4.78 is 34.0. The smallest absolute Gasteiger partial charge is 0.257 e. The van der Waals surface area contributed by atoms with Crippen molar-refractivity contribution in [3.8, 4) is 5.75 Å². The second kappa shape index (κ2) is 11.7. The molecule has 0 radical (unpaired) electrons. The van der Waals surface area contributed by atoms with Crippen molar-refractivity contribution in [2.75, 3.05) is 31.1 Å². The van der Waals surface area contributed by atoms with E-state index >= 15 is 0 Å². The number of carbonyl (C=O) groups excluding carboxylic acids is 2.